The van der Waals surface area contributed by atoms with Crippen molar-refractivity contribution in [1.29, 1.82) is 0 Å². The molecule has 1 aromatic rings. The first-order chi connectivity index (χ1) is 9.02. The topological polar surface area (TPSA) is 93.1 Å². The lowest BCUT2D eigenvalue weighted by Gasteiger charge is -2.25. The predicted octanol–water partition coefficient (Wildman–Crippen LogP) is 1.35. The summed E-state index contributed by atoms with van der Waals surface area (Å²) < 4.78 is 10.2. The molecule has 1 aliphatic heterocycles. The number of carbonyl (C=O) groups excluding carboxylic acids is 1. The van der Waals surface area contributed by atoms with E-state index >= 15 is 0 Å². The van der Waals surface area contributed by atoms with E-state index in [1.165, 1.54) is 13.2 Å². The number of phenols is 1. The number of phenolic OH excluding ortho intramolecular Hbond substituents is 1. The molecule has 102 valence electrons. The molecule has 1 aromatic carbocycles. The number of carboxylic acids is 1. The minimum Gasteiger partial charge on any atom is -0.504 e. The first-order valence-corrected chi connectivity index (χ1v) is 5.84. The zero-order chi connectivity index (χ0) is 14.0. The molecule has 6 heteroatoms. The molecule has 0 aromatic heterocycles. The first-order valence-electron chi connectivity index (χ1n) is 5.84. The molecule has 0 bridgehead atoms. The van der Waals surface area contributed by atoms with E-state index in [2.05, 4.69) is 0 Å². The van der Waals surface area contributed by atoms with Gasteiger partial charge in [-0.15, -0.1) is 0 Å². The van der Waals surface area contributed by atoms with Crippen LogP contribution in [0.5, 0.6) is 11.5 Å². The Balaban J connectivity index is 2.26. The lowest BCUT2D eigenvalue weighted by Crippen LogP contribution is -2.28. The molecule has 1 atom stereocenters. The van der Waals surface area contributed by atoms with E-state index in [9.17, 15) is 14.7 Å². The molecule has 1 heterocycles. The van der Waals surface area contributed by atoms with Crippen LogP contribution in [0.1, 0.15) is 28.8 Å². The molecule has 19 heavy (non-hydrogen) atoms. The van der Waals surface area contributed by atoms with Crippen LogP contribution in [-0.2, 0) is 16.0 Å². The van der Waals surface area contributed by atoms with Gasteiger partial charge in [-0.3, -0.25) is 4.79 Å². The van der Waals surface area contributed by atoms with Gasteiger partial charge in [0, 0.05) is 12.8 Å². The summed E-state index contributed by atoms with van der Waals surface area (Å²) in [6.07, 6.45) is 0.183. The average molecular weight is 266 g/mol. The van der Waals surface area contributed by atoms with Gasteiger partial charge in [0.1, 0.15) is 11.7 Å². The van der Waals surface area contributed by atoms with Crippen LogP contribution in [-0.4, -0.2) is 35.4 Å². The Morgan fingerprint density at radius 3 is 2.89 bits per heavy atom. The van der Waals surface area contributed by atoms with E-state index in [0.29, 0.717) is 12.0 Å². The maximum Gasteiger partial charge on any atom is 0.342 e. The minimum atomic E-state index is -0.926. The van der Waals surface area contributed by atoms with Crippen molar-refractivity contribution in [2.24, 2.45) is 0 Å². The number of carboxylic acid groups (broad SMARTS) is 1. The van der Waals surface area contributed by atoms with Crippen molar-refractivity contribution in [2.45, 2.75) is 25.4 Å². The number of hydrogen-bond acceptors (Lipinski definition) is 5. The van der Waals surface area contributed by atoms with Gasteiger partial charge in [0.25, 0.3) is 0 Å². The second-order valence-electron chi connectivity index (χ2n) is 4.32. The van der Waals surface area contributed by atoms with Gasteiger partial charge in [0.05, 0.1) is 7.11 Å². The molecule has 6 nitrogen and oxygen atoms in total. The molecule has 1 aliphatic rings. The van der Waals surface area contributed by atoms with E-state index in [4.69, 9.17) is 14.6 Å². The standard InChI is InChI=1S/C13H14O6/c1-18-12-9(14)4-2-7-6-8(3-5-10(15)16)19-13(17)11(7)12/h2,4,8,14H,3,5-6H2,1H3,(H,15,16)/t8-/m1/s1. The highest BCUT2D eigenvalue weighted by Gasteiger charge is 2.31. The number of rotatable bonds is 4. The number of methoxy groups -OCH3 is 1. The van der Waals surface area contributed by atoms with Crippen LogP contribution in [0, 0.1) is 0 Å². The molecule has 2 N–H and O–H groups in total. The van der Waals surface area contributed by atoms with Gasteiger partial charge >= 0.3 is 11.9 Å². The first kappa shape index (κ1) is 13.2. The number of carbonyl (C=O) groups is 2. The molecule has 0 unspecified atom stereocenters. The monoisotopic (exact) mass is 266 g/mol. The van der Waals surface area contributed by atoms with E-state index in [-0.39, 0.29) is 29.9 Å². The lowest BCUT2D eigenvalue weighted by molar-refractivity contribution is -0.137. The highest BCUT2D eigenvalue weighted by molar-refractivity contribution is 5.96. The van der Waals surface area contributed by atoms with E-state index < -0.39 is 18.0 Å². The van der Waals surface area contributed by atoms with Crippen molar-refractivity contribution in [3.05, 3.63) is 23.3 Å². The Kier molecular flexibility index (Phi) is 3.59. The van der Waals surface area contributed by atoms with Gasteiger partial charge in [-0.2, -0.15) is 0 Å². The number of esters is 1. The van der Waals surface area contributed by atoms with Crippen molar-refractivity contribution in [3.8, 4) is 11.5 Å². The molecular formula is C13H14O6. The molecule has 0 radical (unpaired) electrons. The van der Waals surface area contributed by atoms with E-state index in [1.807, 2.05) is 0 Å². The van der Waals surface area contributed by atoms with Gasteiger partial charge in [-0.05, 0) is 18.1 Å². The summed E-state index contributed by atoms with van der Waals surface area (Å²) >= 11 is 0. The third-order valence-corrected chi connectivity index (χ3v) is 3.03. The molecular weight excluding hydrogens is 252 g/mol. The third kappa shape index (κ3) is 2.62. The van der Waals surface area contributed by atoms with Gasteiger partial charge in [-0.25, -0.2) is 4.79 Å². The molecule has 0 aliphatic carbocycles. The van der Waals surface area contributed by atoms with Gasteiger partial charge in [0.2, 0.25) is 0 Å². The van der Waals surface area contributed by atoms with Crippen molar-refractivity contribution >= 4 is 11.9 Å². The van der Waals surface area contributed by atoms with Gasteiger partial charge in [0.15, 0.2) is 11.5 Å². The molecule has 0 saturated heterocycles. The van der Waals surface area contributed by atoms with E-state index in [0.717, 1.165) is 0 Å². The summed E-state index contributed by atoms with van der Waals surface area (Å²) in [6, 6.07) is 3.08. The van der Waals surface area contributed by atoms with Crippen molar-refractivity contribution in [3.63, 3.8) is 0 Å². The molecule has 2 rings (SSSR count). The van der Waals surface area contributed by atoms with Crippen LogP contribution in [0.25, 0.3) is 0 Å². The minimum absolute atomic E-state index is 0.0531. The van der Waals surface area contributed by atoms with Crippen molar-refractivity contribution in [2.75, 3.05) is 7.11 Å². The van der Waals surface area contributed by atoms with Gasteiger partial charge in [-0.1, -0.05) is 6.07 Å². The summed E-state index contributed by atoms with van der Waals surface area (Å²) in [5, 5.41) is 18.2. The van der Waals surface area contributed by atoms with Crippen LogP contribution in [0.3, 0.4) is 0 Å². The molecule has 0 amide bonds. The lowest BCUT2D eigenvalue weighted by atomic mass is 9.95. The number of cyclic esters (lactones) is 1. The number of benzene rings is 1. The maximum absolute atomic E-state index is 11.9. The van der Waals surface area contributed by atoms with Crippen LogP contribution in [0.15, 0.2) is 12.1 Å². The molecule has 0 fully saturated rings. The second-order valence-corrected chi connectivity index (χ2v) is 4.32. The molecule has 0 spiro atoms. The summed E-state index contributed by atoms with van der Waals surface area (Å²) in [7, 11) is 1.36. The maximum atomic E-state index is 11.9. The molecule has 0 saturated carbocycles. The Hall–Kier alpha value is -2.24. The van der Waals surface area contributed by atoms with Crippen LogP contribution in [0.4, 0.5) is 0 Å². The quantitative estimate of drug-likeness (QED) is 0.799. The van der Waals surface area contributed by atoms with Crippen molar-refractivity contribution < 1.29 is 29.3 Å². The largest absolute Gasteiger partial charge is 0.504 e. The van der Waals surface area contributed by atoms with Crippen molar-refractivity contribution in [1.82, 2.24) is 0 Å². The number of aliphatic carboxylic acids is 1. The van der Waals surface area contributed by atoms with Crippen LogP contribution >= 0.6 is 0 Å². The zero-order valence-corrected chi connectivity index (χ0v) is 10.4. The normalized spacial score (nSPS) is 17.5. The summed E-state index contributed by atoms with van der Waals surface area (Å²) in [4.78, 5) is 22.4. The number of fused-ring (bicyclic) bond motifs is 1. The fraction of sp³-hybridized carbons (Fsp3) is 0.385. The SMILES string of the molecule is COc1c(O)ccc2c1C(=O)O[C@H](CCC(=O)O)C2. The second kappa shape index (κ2) is 5.17. The smallest absolute Gasteiger partial charge is 0.342 e. The van der Waals surface area contributed by atoms with Gasteiger partial charge < -0.3 is 19.7 Å². The summed E-state index contributed by atoms with van der Waals surface area (Å²) in [5.41, 5.74) is 0.912. The highest BCUT2D eigenvalue weighted by atomic mass is 16.5. The van der Waals surface area contributed by atoms with E-state index in [1.54, 1.807) is 6.07 Å². The van der Waals surface area contributed by atoms with Crippen LogP contribution < -0.4 is 4.74 Å². The fourth-order valence-electron chi connectivity index (χ4n) is 2.16. The number of aromatic hydroxyl groups is 1. The Labute approximate surface area is 109 Å². The highest BCUT2D eigenvalue weighted by Crippen LogP contribution is 2.36. The summed E-state index contributed by atoms with van der Waals surface area (Å²) in [6.45, 7) is 0. The number of hydrogen-bond donors (Lipinski definition) is 2. The average Bonchev–Trinajstić information content (AvgIpc) is 2.37. The Morgan fingerprint density at radius 2 is 2.26 bits per heavy atom. The fourth-order valence-corrected chi connectivity index (χ4v) is 2.16. The van der Waals surface area contributed by atoms with Crippen LogP contribution in [0.2, 0.25) is 0 Å². The Bertz CT molecular complexity index is 522. The summed E-state index contributed by atoms with van der Waals surface area (Å²) in [5.74, 6) is -1.55. The number of ether oxygens (including phenoxy) is 2. The zero-order valence-electron chi connectivity index (χ0n) is 10.4. The predicted molar refractivity (Wildman–Crippen MR) is 64.4 cm³/mol. The Morgan fingerprint density at radius 1 is 1.53 bits per heavy atom. The third-order valence-electron chi connectivity index (χ3n) is 3.03.